The summed E-state index contributed by atoms with van der Waals surface area (Å²) in [7, 11) is 0. The van der Waals surface area contributed by atoms with E-state index in [9.17, 15) is 9.59 Å². The molecule has 0 radical (unpaired) electrons. The lowest BCUT2D eigenvalue weighted by Crippen LogP contribution is -2.30. The molecule has 2 atom stereocenters. The van der Waals surface area contributed by atoms with Crippen molar-refractivity contribution in [2.45, 2.75) is 64.8 Å². The van der Waals surface area contributed by atoms with Gasteiger partial charge < -0.3 is 15.6 Å². The molecule has 19 heavy (non-hydrogen) atoms. The molecule has 0 bridgehead atoms. The van der Waals surface area contributed by atoms with Gasteiger partial charge in [0, 0.05) is 6.42 Å². The highest BCUT2D eigenvalue weighted by atomic mass is 16.5. The van der Waals surface area contributed by atoms with E-state index in [0.29, 0.717) is 12.5 Å². The number of unbranched alkanes of at least 4 members (excludes halogenated alkanes) is 2. The van der Waals surface area contributed by atoms with Gasteiger partial charge in [0.15, 0.2) is 0 Å². The minimum absolute atomic E-state index is 0.0671. The molecule has 3 N–H and O–H groups in total. The van der Waals surface area contributed by atoms with Crippen LogP contribution in [0.4, 0.5) is 0 Å². The molecule has 0 aliphatic carbocycles. The number of rotatable bonds is 11. The van der Waals surface area contributed by atoms with Crippen molar-refractivity contribution in [3.05, 3.63) is 0 Å². The summed E-state index contributed by atoms with van der Waals surface area (Å²) in [5.41, 5.74) is 5.30. The van der Waals surface area contributed by atoms with Crippen LogP contribution in [0.2, 0.25) is 0 Å². The van der Waals surface area contributed by atoms with Crippen LogP contribution in [-0.4, -0.2) is 29.7 Å². The molecule has 5 heteroatoms. The first kappa shape index (κ1) is 17.9. The van der Waals surface area contributed by atoms with Crippen LogP contribution >= 0.6 is 0 Å². The molecule has 5 nitrogen and oxygen atoms in total. The highest BCUT2D eigenvalue weighted by Gasteiger charge is 2.14. The Bertz CT molecular complexity index is 268. The third kappa shape index (κ3) is 10.5. The van der Waals surface area contributed by atoms with Crippen LogP contribution in [0.15, 0.2) is 0 Å². The molecule has 0 spiro atoms. The molecule has 0 aromatic rings. The van der Waals surface area contributed by atoms with Crippen LogP contribution in [0.5, 0.6) is 0 Å². The predicted octanol–water partition coefficient (Wildman–Crippen LogP) is 2.33. The van der Waals surface area contributed by atoms with E-state index in [-0.39, 0.29) is 18.8 Å². The van der Waals surface area contributed by atoms with Crippen molar-refractivity contribution in [2.24, 2.45) is 11.7 Å². The summed E-state index contributed by atoms with van der Waals surface area (Å²) in [5.74, 6) is -0.893. The Hall–Kier alpha value is -1.10. The molecule has 0 heterocycles. The highest BCUT2D eigenvalue weighted by Crippen LogP contribution is 2.13. The average Bonchev–Trinajstić information content (AvgIpc) is 2.36. The Morgan fingerprint density at radius 2 is 1.89 bits per heavy atom. The fraction of sp³-hybridized carbons (Fsp3) is 0.857. The molecule has 0 rings (SSSR count). The summed E-state index contributed by atoms with van der Waals surface area (Å²) in [6.45, 7) is 4.74. The number of carboxylic acids is 1. The molecule has 0 aliphatic rings. The van der Waals surface area contributed by atoms with Gasteiger partial charge >= 0.3 is 11.9 Å². The molecule has 0 saturated carbocycles. The number of ether oxygens (including phenoxy) is 1. The Morgan fingerprint density at radius 1 is 1.21 bits per heavy atom. The maximum Gasteiger partial charge on any atom is 0.320 e. The number of aliphatic carboxylic acids is 1. The lowest BCUT2D eigenvalue weighted by Gasteiger charge is -2.11. The van der Waals surface area contributed by atoms with Gasteiger partial charge in [-0.15, -0.1) is 0 Å². The number of nitrogens with two attached hydrogens (primary N) is 1. The third-order valence-electron chi connectivity index (χ3n) is 3.15. The number of esters is 1. The first-order chi connectivity index (χ1) is 8.97. The Kier molecular flexibility index (Phi) is 10.2. The zero-order valence-electron chi connectivity index (χ0n) is 12.1. The molecule has 0 fully saturated rings. The topological polar surface area (TPSA) is 89.6 Å². The van der Waals surface area contributed by atoms with Crippen LogP contribution in [-0.2, 0) is 14.3 Å². The van der Waals surface area contributed by atoms with Gasteiger partial charge in [-0.05, 0) is 18.8 Å². The fourth-order valence-electron chi connectivity index (χ4n) is 1.73. The molecular weight excluding hydrogens is 246 g/mol. The van der Waals surface area contributed by atoms with Crippen molar-refractivity contribution in [3.8, 4) is 0 Å². The van der Waals surface area contributed by atoms with Crippen LogP contribution in [0.3, 0.4) is 0 Å². The predicted molar refractivity (Wildman–Crippen MR) is 73.7 cm³/mol. The second-order valence-corrected chi connectivity index (χ2v) is 5.09. The number of hydrogen-bond acceptors (Lipinski definition) is 4. The molecule has 0 aliphatic heterocycles. The maximum atomic E-state index is 11.3. The first-order valence-corrected chi connectivity index (χ1v) is 7.11. The van der Waals surface area contributed by atoms with Gasteiger partial charge in [0.2, 0.25) is 0 Å². The van der Waals surface area contributed by atoms with Crippen LogP contribution < -0.4 is 5.73 Å². The van der Waals surface area contributed by atoms with E-state index in [0.717, 1.165) is 12.8 Å². The smallest absolute Gasteiger partial charge is 0.320 e. The quantitative estimate of drug-likeness (QED) is 0.445. The van der Waals surface area contributed by atoms with Crippen molar-refractivity contribution in [1.29, 1.82) is 0 Å². The fourth-order valence-corrected chi connectivity index (χ4v) is 1.73. The summed E-state index contributed by atoms with van der Waals surface area (Å²) in [4.78, 5) is 21.8. The zero-order chi connectivity index (χ0) is 14.7. The standard InChI is InChI=1S/C14H27NO4/c1-3-4-5-6-11(2)9-10-19-13(16)8-7-12(15)14(17)18/h11-12H,3-10,15H2,1-2H3,(H,17,18)/t11?,12-/m0/s1. The Labute approximate surface area is 115 Å². The van der Waals surface area contributed by atoms with Crippen molar-refractivity contribution >= 4 is 11.9 Å². The normalized spacial score (nSPS) is 13.8. The van der Waals surface area contributed by atoms with Crippen molar-refractivity contribution in [3.63, 3.8) is 0 Å². The molecule has 112 valence electrons. The van der Waals surface area contributed by atoms with E-state index in [4.69, 9.17) is 15.6 Å². The van der Waals surface area contributed by atoms with Gasteiger partial charge in [-0.1, -0.05) is 39.5 Å². The summed E-state index contributed by atoms with van der Waals surface area (Å²) < 4.78 is 5.06. The number of carbonyl (C=O) groups excluding carboxylic acids is 1. The van der Waals surface area contributed by atoms with E-state index < -0.39 is 12.0 Å². The third-order valence-corrected chi connectivity index (χ3v) is 3.15. The SMILES string of the molecule is CCCCCC(C)CCOC(=O)CC[C@H](N)C(=O)O. The van der Waals surface area contributed by atoms with E-state index in [1.807, 2.05) is 0 Å². The summed E-state index contributed by atoms with van der Waals surface area (Å²) in [5, 5.41) is 8.57. The average molecular weight is 273 g/mol. The second-order valence-electron chi connectivity index (χ2n) is 5.09. The molecule has 0 amide bonds. The molecule has 0 aromatic heterocycles. The van der Waals surface area contributed by atoms with Crippen molar-refractivity contribution in [1.82, 2.24) is 0 Å². The van der Waals surface area contributed by atoms with Crippen LogP contribution in [0, 0.1) is 5.92 Å². The van der Waals surface area contributed by atoms with E-state index in [1.54, 1.807) is 0 Å². The van der Waals surface area contributed by atoms with Gasteiger partial charge in [0.05, 0.1) is 6.61 Å². The monoisotopic (exact) mass is 273 g/mol. The maximum absolute atomic E-state index is 11.3. The van der Waals surface area contributed by atoms with Gasteiger partial charge in [0.25, 0.3) is 0 Å². The Balaban J connectivity index is 3.54. The zero-order valence-corrected chi connectivity index (χ0v) is 12.1. The number of carboxylic acid groups (broad SMARTS) is 1. The van der Waals surface area contributed by atoms with E-state index >= 15 is 0 Å². The second kappa shape index (κ2) is 10.8. The summed E-state index contributed by atoms with van der Waals surface area (Å²) in [6, 6.07) is -0.986. The summed E-state index contributed by atoms with van der Waals surface area (Å²) in [6.07, 6.45) is 5.90. The number of hydrogen-bond donors (Lipinski definition) is 2. The molecule has 1 unspecified atom stereocenters. The lowest BCUT2D eigenvalue weighted by molar-refractivity contribution is -0.144. The number of carbonyl (C=O) groups is 2. The lowest BCUT2D eigenvalue weighted by atomic mass is 10.0. The van der Waals surface area contributed by atoms with Crippen LogP contribution in [0.1, 0.15) is 58.8 Å². The highest BCUT2D eigenvalue weighted by molar-refractivity contribution is 5.75. The van der Waals surface area contributed by atoms with Gasteiger partial charge in [0.1, 0.15) is 6.04 Å². The van der Waals surface area contributed by atoms with E-state index in [1.165, 1.54) is 19.3 Å². The molecule has 0 aromatic carbocycles. The minimum atomic E-state index is -1.09. The van der Waals surface area contributed by atoms with Crippen molar-refractivity contribution in [2.75, 3.05) is 6.61 Å². The van der Waals surface area contributed by atoms with Crippen LogP contribution in [0.25, 0.3) is 0 Å². The first-order valence-electron chi connectivity index (χ1n) is 7.11. The minimum Gasteiger partial charge on any atom is -0.480 e. The largest absolute Gasteiger partial charge is 0.480 e. The van der Waals surface area contributed by atoms with Gasteiger partial charge in [-0.2, -0.15) is 0 Å². The summed E-state index contributed by atoms with van der Waals surface area (Å²) >= 11 is 0. The Morgan fingerprint density at radius 3 is 2.47 bits per heavy atom. The molecule has 0 saturated heterocycles. The van der Waals surface area contributed by atoms with Gasteiger partial charge in [-0.3, -0.25) is 9.59 Å². The van der Waals surface area contributed by atoms with E-state index in [2.05, 4.69) is 13.8 Å². The van der Waals surface area contributed by atoms with Gasteiger partial charge in [-0.25, -0.2) is 0 Å². The molecular formula is C14H27NO4. The van der Waals surface area contributed by atoms with Crippen molar-refractivity contribution < 1.29 is 19.4 Å².